The molecule has 2 aromatic rings. The van der Waals surface area contributed by atoms with E-state index < -0.39 is 0 Å². The summed E-state index contributed by atoms with van der Waals surface area (Å²) in [6.45, 7) is 2.75. The summed E-state index contributed by atoms with van der Waals surface area (Å²) in [5.74, 6) is 1.11. The van der Waals surface area contributed by atoms with Crippen LogP contribution in [0.3, 0.4) is 0 Å². The highest BCUT2D eigenvalue weighted by atomic mass is 16.5. The van der Waals surface area contributed by atoms with Gasteiger partial charge in [-0.15, -0.1) is 0 Å². The van der Waals surface area contributed by atoms with Crippen molar-refractivity contribution < 1.29 is 23.8 Å². The second kappa shape index (κ2) is 8.86. The van der Waals surface area contributed by atoms with Crippen molar-refractivity contribution in [3.8, 4) is 17.2 Å². The van der Waals surface area contributed by atoms with Crippen LogP contribution in [0.2, 0.25) is 0 Å². The minimum atomic E-state index is -0.290. The van der Waals surface area contributed by atoms with Gasteiger partial charge in [0.15, 0.2) is 11.5 Å². The molecule has 154 valence electrons. The van der Waals surface area contributed by atoms with Gasteiger partial charge in [-0.3, -0.25) is 9.59 Å². The summed E-state index contributed by atoms with van der Waals surface area (Å²) in [6.07, 6.45) is 2.05. The number of methoxy groups -OCH3 is 3. The number of fused-ring (bicyclic) bond motifs is 1. The van der Waals surface area contributed by atoms with Crippen molar-refractivity contribution in [1.29, 1.82) is 0 Å². The van der Waals surface area contributed by atoms with E-state index in [1.807, 2.05) is 30.0 Å². The van der Waals surface area contributed by atoms with E-state index in [1.165, 1.54) is 21.3 Å². The third-order valence-corrected chi connectivity index (χ3v) is 4.91. The van der Waals surface area contributed by atoms with Gasteiger partial charge in [-0.05, 0) is 48.7 Å². The predicted molar refractivity (Wildman–Crippen MR) is 111 cm³/mol. The highest BCUT2D eigenvalue weighted by Gasteiger charge is 2.24. The van der Waals surface area contributed by atoms with Gasteiger partial charge >= 0.3 is 0 Å². The Balaban J connectivity index is 1.86. The first-order valence-electron chi connectivity index (χ1n) is 9.57. The van der Waals surface area contributed by atoms with E-state index in [0.717, 1.165) is 17.7 Å². The summed E-state index contributed by atoms with van der Waals surface area (Å²) >= 11 is 0. The van der Waals surface area contributed by atoms with Crippen LogP contribution in [0.5, 0.6) is 17.2 Å². The van der Waals surface area contributed by atoms with Crippen molar-refractivity contribution in [3.05, 3.63) is 41.5 Å². The largest absolute Gasteiger partial charge is 0.493 e. The number of carbonyl (C=O) groups is 2. The molecule has 2 amide bonds. The molecule has 0 fully saturated rings. The lowest BCUT2D eigenvalue weighted by molar-refractivity contribution is -0.118. The van der Waals surface area contributed by atoms with Gasteiger partial charge in [0.2, 0.25) is 11.7 Å². The second-order valence-electron chi connectivity index (χ2n) is 6.76. The average molecular weight is 398 g/mol. The lowest BCUT2D eigenvalue weighted by atomic mass is 10.00. The summed E-state index contributed by atoms with van der Waals surface area (Å²) in [5, 5.41) is 2.91. The molecule has 7 heteroatoms. The van der Waals surface area contributed by atoms with E-state index in [1.54, 1.807) is 12.1 Å². The number of hydrogen-bond acceptors (Lipinski definition) is 5. The van der Waals surface area contributed by atoms with Crippen molar-refractivity contribution >= 4 is 23.2 Å². The first-order chi connectivity index (χ1) is 14.0. The van der Waals surface area contributed by atoms with Crippen LogP contribution in [-0.4, -0.2) is 39.7 Å². The summed E-state index contributed by atoms with van der Waals surface area (Å²) in [6, 6.07) is 8.86. The number of nitrogens with zero attached hydrogens (tertiary/aromatic N) is 1. The predicted octanol–water partition coefficient (Wildman–Crippen LogP) is 3.65. The molecule has 1 heterocycles. The van der Waals surface area contributed by atoms with Crippen LogP contribution < -0.4 is 24.4 Å². The molecule has 29 heavy (non-hydrogen) atoms. The molecule has 3 rings (SSSR count). The van der Waals surface area contributed by atoms with Gasteiger partial charge in [0.25, 0.3) is 5.91 Å². The molecule has 0 saturated carbocycles. The van der Waals surface area contributed by atoms with Crippen LogP contribution in [0.1, 0.15) is 35.7 Å². The van der Waals surface area contributed by atoms with Crippen LogP contribution in [0.4, 0.5) is 11.4 Å². The van der Waals surface area contributed by atoms with Gasteiger partial charge in [-0.1, -0.05) is 6.92 Å². The standard InChI is InChI=1S/C22H26N2O5/c1-5-10-24-17-8-7-16(11-14(17)6-9-20(24)25)23-22(26)15-12-18(27-2)21(29-4)19(13-15)28-3/h7-8,11-13H,5-6,9-10H2,1-4H3,(H,23,26). The zero-order valence-corrected chi connectivity index (χ0v) is 17.2. The highest BCUT2D eigenvalue weighted by molar-refractivity contribution is 6.05. The quantitative estimate of drug-likeness (QED) is 0.770. The van der Waals surface area contributed by atoms with E-state index in [-0.39, 0.29) is 11.8 Å². The normalized spacial score (nSPS) is 13.0. The number of aryl methyl sites for hydroxylation is 1. The Morgan fingerprint density at radius 2 is 1.72 bits per heavy atom. The minimum Gasteiger partial charge on any atom is -0.493 e. The van der Waals surface area contributed by atoms with E-state index in [4.69, 9.17) is 14.2 Å². The van der Waals surface area contributed by atoms with Crippen molar-refractivity contribution in [2.45, 2.75) is 26.2 Å². The smallest absolute Gasteiger partial charge is 0.255 e. The van der Waals surface area contributed by atoms with E-state index in [2.05, 4.69) is 5.32 Å². The summed E-state index contributed by atoms with van der Waals surface area (Å²) in [7, 11) is 4.53. The SMILES string of the molecule is CCCN1C(=O)CCc2cc(NC(=O)c3cc(OC)c(OC)c(OC)c3)ccc21. The van der Waals surface area contributed by atoms with E-state index in [9.17, 15) is 9.59 Å². The fourth-order valence-corrected chi connectivity index (χ4v) is 3.52. The van der Waals surface area contributed by atoms with Crippen molar-refractivity contribution in [2.75, 3.05) is 38.1 Å². The summed E-state index contributed by atoms with van der Waals surface area (Å²) in [4.78, 5) is 26.8. The molecule has 1 aliphatic heterocycles. The van der Waals surface area contributed by atoms with Gasteiger partial charge in [-0.25, -0.2) is 0 Å². The van der Waals surface area contributed by atoms with Crippen LogP contribution in [-0.2, 0) is 11.2 Å². The van der Waals surface area contributed by atoms with Gasteiger partial charge in [0, 0.05) is 29.9 Å². The molecule has 1 aliphatic rings. The van der Waals surface area contributed by atoms with E-state index in [0.29, 0.717) is 47.9 Å². The number of ether oxygens (including phenoxy) is 3. The first-order valence-corrected chi connectivity index (χ1v) is 9.57. The number of carbonyl (C=O) groups excluding carboxylic acids is 2. The third-order valence-electron chi connectivity index (χ3n) is 4.91. The number of nitrogens with one attached hydrogen (secondary N) is 1. The molecule has 1 N–H and O–H groups in total. The Kier molecular flexibility index (Phi) is 6.26. The Hall–Kier alpha value is -3.22. The fourth-order valence-electron chi connectivity index (χ4n) is 3.52. The molecular weight excluding hydrogens is 372 g/mol. The first kappa shape index (κ1) is 20.5. The number of amides is 2. The average Bonchev–Trinajstić information content (AvgIpc) is 2.74. The number of benzene rings is 2. The fraction of sp³-hybridized carbons (Fsp3) is 0.364. The monoisotopic (exact) mass is 398 g/mol. The van der Waals surface area contributed by atoms with Gasteiger partial charge < -0.3 is 24.4 Å². The Bertz CT molecular complexity index is 900. The lowest BCUT2D eigenvalue weighted by Crippen LogP contribution is -2.35. The molecule has 0 spiro atoms. The van der Waals surface area contributed by atoms with Crippen molar-refractivity contribution in [2.24, 2.45) is 0 Å². The van der Waals surface area contributed by atoms with Gasteiger partial charge in [-0.2, -0.15) is 0 Å². The van der Waals surface area contributed by atoms with Gasteiger partial charge in [0.1, 0.15) is 0 Å². The molecule has 0 bridgehead atoms. The van der Waals surface area contributed by atoms with E-state index >= 15 is 0 Å². The number of anilines is 2. The number of hydrogen-bond donors (Lipinski definition) is 1. The second-order valence-corrected chi connectivity index (χ2v) is 6.76. The summed E-state index contributed by atoms with van der Waals surface area (Å²) in [5.41, 5.74) is 3.04. The zero-order chi connectivity index (χ0) is 21.0. The Morgan fingerprint density at radius 1 is 1.03 bits per heavy atom. The topological polar surface area (TPSA) is 77.1 Å². The molecule has 0 unspecified atom stereocenters. The summed E-state index contributed by atoms with van der Waals surface area (Å²) < 4.78 is 15.9. The molecule has 0 atom stereocenters. The molecule has 0 radical (unpaired) electrons. The molecule has 2 aromatic carbocycles. The maximum atomic E-state index is 12.8. The maximum absolute atomic E-state index is 12.8. The molecular formula is C22H26N2O5. The third kappa shape index (κ3) is 4.13. The molecule has 0 aromatic heterocycles. The van der Waals surface area contributed by atoms with Crippen LogP contribution >= 0.6 is 0 Å². The Labute approximate surface area is 170 Å². The van der Waals surface area contributed by atoms with Crippen molar-refractivity contribution in [3.63, 3.8) is 0 Å². The van der Waals surface area contributed by atoms with Crippen LogP contribution in [0.15, 0.2) is 30.3 Å². The van der Waals surface area contributed by atoms with Crippen molar-refractivity contribution in [1.82, 2.24) is 0 Å². The van der Waals surface area contributed by atoms with Crippen LogP contribution in [0, 0.1) is 0 Å². The zero-order valence-electron chi connectivity index (χ0n) is 17.2. The van der Waals surface area contributed by atoms with Gasteiger partial charge in [0.05, 0.1) is 21.3 Å². The molecule has 0 saturated heterocycles. The maximum Gasteiger partial charge on any atom is 0.255 e. The van der Waals surface area contributed by atoms with Crippen LogP contribution in [0.25, 0.3) is 0 Å². The number of rotatable bonds is 7. The minimum absolute atomic E-state index is 0.147. The molecule has 0 aliphatic carbocycles. The highest BCUT2D eigenvalue weighted by Crippen LogP contribution is 2.38. The Morgan fingerprint density at radius 3 is 2.31 bits per heavy atom. The molecule has 7 nitrogen and oxygen atoms in total. The lowest BCUT2D eigenvalue weighted by Gasteiger charge is -2.29.